The third kappa shape index (κ3) is 6.08. The van der Waals surface area contributed by atoms with Crippen molar-refractivity contribution in [1.29, 1.82) is 0 Å². The molecule has 4 rings (SSSR count). The second-order valence-corrected chi connectivity index (χ2v) is 9.68. The minimum atomic E-state index is -1.28. The van der Waals surface area contributed by atoms with E-state index in [1.54, 1.807) is 28.4 Å². The van der Waals surface area contributed by atoms with Crippen LogP contribution in [0.5, 0.6) is 0 Å². The predicted octanol–water partition coefficient (Wildman–Crippen LogP) is 4.56. The summed E-state index contributed by atoms with van der Waals surface area (Å²) in [7, 11) is 0. The quantitative estimate of drug-likeness (QED) is 0.359. The highest BCUT2D eigenvalue weighted by atomic mass is 35.5. The molecule has 3 N–H and O–H groups in total. The Labute approximate surface area is 211 Å². The van der Waals surface area contributed by atoms with Crippen LogP contribution in [-0.2, 0) is 17.8 Å². The number of fused-ring (bicyclic) bond motifs is 1. The first-order valence-electron chi connectivity index (χ1n) is 11.3. The molecule has 2 amide bonds. The van der Waals surface area contributed by atoms with E-state index in [9.17, 15) is 14.7 Å². The van der Waals surface area contributed by atoms with Crippen LogP contribution in [0, 0.1) is 0 Å². The summed E-state index contributed by atoms with van der Waals surface area (Å²) in [6, 6.07) is 12.3. The number of halogens is 1. The lowest BCUT2D eigenvalue weighted by molar-refractivity contribution is -0.137. The number of nitrogens with one attached hydrogen (secondary N) is 1. The number of carbonyl (C=O) groups excluding carboxylic acids is 1. The van der Waals surface area contributed by atoms with Crippen LogP contribution >= 0.6 is 22.9 Å². The van der Waals surface area contributed by atoms with Crippen LogP contribution in [-0.4, -0.2) is 55.9 Å². The van der Waals surface area contributed by atoms with Crippen LogP contribution in [0.3, 0.4) is 0 Å². The van der Waals surface area contributed by atoms with Gasteiger partial charge in [0, 0.05) is 18.0 Å². The number of aliphatic carboxylic acids is 1. The number of aromatic nitrogens is 1. The maximum Gasteiger partial charge on any atom is 0.327 e. The fraction of sp³-hybridized carbons (Fsp3) is 0.333. The monoisotopic (exact) mass is 515 g/mol. The third-order valence-corrected chi connectivity index (χ3v) is 6.98. The van der Waals surface area contributed by atoms with Gasteiger partial charge in [-0.2, -0.15) is 0 Å². The fourth-order valence-electron chi connectivity index (χ4n) is 3.74. The van der Waals surface area contributed by atoms with Gasteiger partial charge in [0.1, 0.15) is 0 Å². The Morgan fingerprint density at radius 2 is 1.97 bits per heavy atom. The van der Waals surface area contributed by atoms with Crippen LogP contribution in [0.25, 0.3) is 10.2 Å². The number of benzene rings is 2. The maximum atomic E-state index is 12.8. The zero-order valence-electron chi connectivity index (χ0n) is 19.1. The summed E-state index contributed by atoms with van der Waals surface area (Å²) in [4.78, 5) is 35.7. The molecule has 9 nitrogen and oxygen atoms in total. The van der Waals surface area contributed by atoms with Gasteiger partial charge in [-0.3, -0.25) is 19.9 Å². The molecule has 0 radical (unpaired) electrons. The average molecular weight is 516 g/mol. The number of carboxylic acids is 1. The molecule has 1 aliphatic rings. The molecule has 184 valence electrons. The molecule has 0 bridgehead atoms. The number of hydrogen-bond acceptors (Lipinski definition) is 6. The van der Waals surface area contributed by atoms with E-state index in [1.165, 1.54) is 4.90 Å². The SMILES string of the molecule is CCc1nc2ccc(N=C3NC(=O)N(CCCCC(=O)O)C(O)N3Cc3ccc(Cl)cc3)cc2s1. The Morgan fingerprint density at radius 3 is 2.69 bits per heavy atom. The highest BCUT2D eigenvalue weighted by Crippen LogP contribution is 2.28. The van der Waals surface area contributed by atoms with Crippen LogP contribution in [0.4, 0.5) is 10.5 Å². The number of aliphatic hydroxyl groups excluding tert-OH is 1. The number of nitrogens with zero attached hydrogens (tertiary/aromatic N) is 4. The molecule has 1 atom stereocenters. The van der Waals surface area contributed by atoms with E-state index in [1.807, 2.05) is 30.3 Å². The summed E-state index contributed by atoms with van der Waals surface area (Å²) in [5.41, 5.74) is 2.39. The number of thiazole rings is 1. The zero-order valence-corrected chi connectivity index (χ0v) is 20.7. The van der Waals surface area contributed by atoms with E-state index in [2.05, 4.69) is 22.2 Å². The fourth-order valence-corrected chi connectivity index (χ4v) is 4.80. The number of carboxylic acid groups (broad SMARTS) is 1. The number of unbranched alkanes of at least 4 members (excludes halogenated alkanes) is 1. The molecular weight excluding hydrogens is 490 g/mol. The second-order valence-electron chi connectivity index (χ2n) is 8.12. The molecule has 35 heavy (non-hydrogen) atoms. The molecule has 11 heteroatoms. The lowest BCUT2D eigenvalue weighted by Crippen LogP contribution is -2.65. The first-order chi connectivity index (χ1) is 16.8. The summed E-state index contributed by atoms with van der Waals surface area (Å²) in [5, 5.41) is 24.4. The Kier molecular flexibility index (Phi) is 7.84. The molecule has 0 aliphatic carbocycles. The predicted molar refractivity (Wildman–Crippen MR) is 136 cm³/mol. The molecule has 0 spiro atoms. The standard InChI is InChI=1S/C24H26ClN5O4S/c1-2-20-27-18-11-10-17(13-19(18)35-20)26-22-28-23(33)29(12-4-3-5-21(31)32)24(34)30(22)14-15-6-8-16(25)9-7-15/h6-11,13,24,34H,2-5,12,14H2,1H3,(H,31,32)(H,26,28,33). The van der Waals surface area contributed by atoms with E-state index in [0.29, 0.717) is 23.6 Å². The number of hydrogen-bond donors (Lipinski definition) is 3. The van der Waals surface area contributed by atoms with E-state index in [-0.39, 0.29) is 25.5 Å². The Bertz CT molecular complexity index is 1250. The summed E-state index contributed by atoms with van der Waals surface area (Å²) >= 11 is 7.62. The van der Waals surface area contributed by atoms with E-state index >= 15 is 0 Å². The molecule has 1 aromatic heterocycles. The van der Waals surface area contributed by atoms with Crippen molar-refractivity contribution in [2.75, 3.05) is 6.54 Å². The van der Waals surface area contributed by atoms with Gasteiger partial charge in [-0.15, -0.1) is 11.3 Å². The van der Waals surface area contributed by atoms with E-state index < -0.39 is 18.4 Å². The van der Waals surface area contributed by atoms with Crippen molar-refractivity contribution in [3.8, 4) is 0 Å². The minimum absolute atomic E-state index is 0.00650. The number of rotatable bonds is 9. The minimum Gasteiger partial charge on any atom is -0.481 e. The summed E-state index contributed by atoms with van der Waals surface area (Å²) in [5.74, 6) is -0.671. The molecular formula is C24H26ClN5O4S. The van der Waals surface area contributed by atoms with Gasteiger partial charge in [0.2, 0.25) is 12.3 Å². The van der Waals surface area contributed by atoms with Gasteiger partial charge < -0.3 is 10.2 Å². The Morgan fingerprint density at radius 1 is 1.20 bits per heavy atom. The first-order valence-corrected chi connectivity index (χ1v) is 12.5. The number of guanidine groups is 1. The van der Waals surface area contributed by atoms with Gasteiger partial charge in [0.05, 0.1) is 27.5 Å². The maximum absolute atomic E-state index is 12.8. The largest absolute Gasteiger partial charge is 0.481 e. The number of aryl methyl sites for hydroxylation is 1. The van der Waals surface area contributed by atoms with Crippen LogP contribution < -0.4 is 5.32 Å². The summed E-state index contributed by atoms with van der Waals surface area (Å²) < 4.78 is 0.996. The Hall–Kier alpha value is -3.21. The van der Waals surface area contributed by atoms with E-state index in [0.717, 1.165) is 27.2 Å². The third-order valence-electron chi connectivity index (χ3n) is 5.57. The van der Waals surface area contributed by atoms with Crippen molar-refractivity contribution in [2.24, 2.45) is 4.99 Å². The normalized spacial score (nSPS) is 17.3. The molecule has 1 fully saturated rings. The van der Waals surface area contributed by atoms with Gasteiger partial charge >= 0.3 is 12.0 Å². The van der Waals surface area contributed by atoms with Gasteiger partial charge in [-0.1, -0.05) is 30.7 Å². The highest BCUT2D eigenvalue weighted by molar-refractivity contribution is 7.18. The van der Waals surface area contributed by atoms with Crippen molar-refractivity contribution >= 4 is 56.8 Å². The van der Waals surface area contributed by atoms with Crippen molar-refractivity contribution in [3.05, 3.63) is 58.1 Å². The zero-order chi connectivity index (χ0) is 24.9. The van der Waals surface area contributed by atoms with Gasteiger partial charge in [-0.05, 0) is 55.2 Å². The smallest absolute Gasteiger partial charge is 0.327 e. The number of carbonyl (C=O) groups is 2. The van der Waals surface area contributed by atoms with Crippen molar-refractivity contribution in [2.45, 2.75) is 45.5 Å². The number of aliphatic hydroxyl groups is 1. The topological polar surface area (TPSA) is 118 Å². The molecule has 2 heterocycles. The molecule has 1 saturated heterocycles. The van der Waals surface area contributed by atoms with Gasteiger partial charge in [0.25, 0.3) is 0 Å². The molecule has 3 aromatic rings. The average Bonchev–Trinajstić information content (AvgIpc) is 3.24. The molecule has 2 aromatic carbocycles. The second kappa shape index (κ2) is 11.0. The Balaban J connectivity index is 1.61. The van der Waals surface area contributed by atoms with Gasteiger partial charge in [0.15, 0.2) is 0 Å². The molecule has 0 saturated carbocycles. The van der Waals surface area contributed by atoms with Crippen molar-refractivity contribution in [1.82, 2.24) is 20.1 Å². The van der Waals surface area contributed by atoms with Gasteiger partial charge in [-0.25, -0.2) is 14.8 Å². The van der Waals surface area contributed by atoms with Crippen molar-refractivity contribution < 1.29 is 19.8 Å². The molecule has 1 aliphatic heterocycles. The number of urea groups is 1. The summed E-state index contributed by atoms with van der Waals surface area (Å²) in [6.07, 6.45) is 0.426. The van der Waals surface area contributed by atoms with Crippen LogP contribution in [0.2, 0.25) is 5.02 Å². The highest BCUT2D eigenvalue weighted by Gasteiger charge is 2.36. The number of amides is 2. The number of aliphatic imine (C=N–C) groups is 1. The lowest BCUT2D eigenvalue weighted by atomic mass is 10.2. The van der Waals surface area contributed by atoms with Crippen LogP contribution in [0.1, 0.15) is 36.8 Å². The van der Waals surface area contributed by atoms with Crippen LogP contribution in [0.15, 0.2) is 47.5 Å². The summed E-state index contributed by atoms with van der Waals surface area (Å²) in [6.45, 7) is 2.53. The van der Waals surface area contributed by atoms with Crippen molar-refractivity contribution in [3.63, 3.8) is 0 Å². The lowest BCUT2D eigenvalue weighted by Gasteiger charge is -2.42. The molecule has 1 unspecified atom stereocenters. The van der Waals surface area contributed by atoms with E-state index in [4.69, 9.17) is 16.7 Å². The first kappa shape index (κ1) is 24.9.